The summed E-state index contributed by atoms with van der Waals surface area (Å²) in [4.78, 5) is 2.51. The van der Waals surface area contributed by atoms with Gasteiger partial charge in [-0.25, -0.2) is 0 Å². The molecule has 1 heteroatoms. The zero-order chi connectivity index (χ0) is 42.0. The minimum absolute atomic E-state index is 0.507. The fraction of sp³-hybridized carbons (Fsp3) is 0.0968. The van der Waals surface area contributed by atoms with Crippen molar-refractivity contribution in [1.82, 2.24) is 0 Å². The maximum Gasteiger partial charge on any atom is 0.0754 e. The molecule has 13 rings (SSSR count). The Morgan fingerprint density at radius 1 is 0.460 bits per heavy atom. The number of nitrogens with zero attached hydrogens (tertiary/aromatic N) is 1. The summed E-state index contributed by atoms with van der Waals surface area (Å²) >= 11 is 0. The monoisotopic (exact) mass is 803 g/mol. The summed E-state index contributed by atoms with van der Waals surface area (Å²) in [6, 6.07) is 71.9. The molecule has 3 aliphatic rings. The van der Waals surface area contributed by atoms with Crippen molar-refractivity contribution >= 4 is 55.5 Å². The average Bonchev–Trinajstić information content (AvgIpc) is 3.60. The van der Waals surface area contributed by atoms with Crippen LogP contribution in [-0.2, 0) is 11.8 Å². The molecule has 0 radical (unpaired) electrons. The van der Waals surface area contributed by atoms with Gasteiger partial charge in [0, 0.05) is 5.69 Å². The van der Waals surface area contributed by atoms with E-state index >= 15 is 0 Å². The lowest BCUT2D eigenvalue weighted by Crippen LogP contribution is -2.36. The summed E-state index contributed by atoms with van der Waals surface area (Å²) in [5.41, 5.74) is 21.3. The third-order valence-electron chi connectivity index (χ3n) is 14.4. The van der Waals surface area contributed by atoms with Crippen molar-refractivity contribution in [2.24, 2.45) is 5.92 Å². The van der Waals surface area contributed by atoms with Gasteiger partial charge in [-0.1, -0.05) is 176 Å². The molecule has 0 bridgehead atoms. The number of rotatable bonds is 3. The summed E-state index contributed by atoms with van der Waals surface area (Å²) in [5, 5.41) is 7.67. The van der Waals surface area contributed by atoms with Crippen molar-refractivity contribution in [2.75, 3.05) is 4.90 Å². The topological polar surface area (TPSA) is 3.24 Å². The molecule has 0 saturated heterocycles. The van der Waals surface area contributed by atoms with Crippen molar-refractivity contribution in [2.45, 2.75) is 32.6 Å². The SMILES string of the molecule is Cc1ccc(N2c3ccccc3C3(c4cc(-c5c6c(cc7ccccc57)CC(C)C=C6)ccc4-c4ccc(-c5c6ccccc6cc6ccccc56)cc43)c3cc(C)ccc32)cc1. The minimum atomic E-state index is -0.620. The molecule has 63 heavy (non-hydrogen) atoms. The predicted octanol–water partition coefficient (Wildman–Crippen LogP) is 16.4. The lowest BCUT2D eigenvalue weighted by Gasteiger charge is -2.45. The maximum atomic E-state index is 2.58. The Morgan fingerprint density at radius 2 is 1.02 bits per heavy atom. The molecule has 2 unspecified atom stereocenters. The van der Waals surface area contributed by atoms with Crippen LogP contribution in [0.25, 0.3) is 71.8 Å². The molecular formula is C62H45N. The molecule has 1 spiro atoms. The van der Waals surface area contributed by atoms with E-state index in [2.05, 4.69) is 226 Å². The lowest BCUT2D eigenvalue weighted by atomic mass is 9.64. The predicted molar refractivity (Wildman–Crippen MR) is 267 cm³/mol. The second-order valence-corrected chi connectivity index (χ2v) is 18.3. The van der Waals surface area contributed by atoms with Gasteiger partial charge in [0.1, 0.15) is 0 Å². The van der Waals surface area contributed by atoms with E-state index in [1.54, 1.807) is 0 Å². The number of aryl methyl sites for hydroxylation is 2. The Balaban J connectivity index is 1.16. The first-order valence-corrected chi connectivity index (χ1v) is 22.5. The van der Waals surface area contributed by atoms with E-state index in [4.69, 9.17) is 0 Å². The normalized spacial score (nSPS) is 16.9. The maximum absolute atomic E-state index is 2.58. The fourth-order valence-electron chi connectivity index (χ4n) is 11.7. The number of hydrogen-bond acceptors (Lipinski definition) is 1. The van der Waals surface area contributed by atoms with Crippen LogP contribution in [0.2, 0.25) is 0 Å². The number of benzene rings is 10. The number of fused-ring (bicyclic) bond motifs is 13. The zero-order valence-electron chi connectivity index (χ0n) is 35.8. The van der Waals surface area contributed by atoms with Crippen LogP contribution in [0, 0.1) is 19.8 Å². The number of allylic oxidation sites excluding steroid dienone is 1. The minimum Gasteiger partial charge on any atom is -0.310 e. The first-order valence-electron chi connectivity index (χ1n) is 22.5. The standard InChI is InChI=1S/C62H45N/c1-38-20-26-47(27-21-38)63-58-19-11-10-18-54(58)62(57-33-40(3)23-31-59(57)63)55-36-44(60-48-15-7-4-12-41(48)34-42-13-5-8-16-49(42)60)24-29-52(55)53-30-25-45(37-56(53)62)61-50-17-9-6-14-43(50)35-46-32-39(2)22-28-51(46)61/h4-31,33-37,39H,32H2,1-3H3. The second kappa shape index (κ2) is 13.5. The Kier molecular flexibility index (Phi) is 7.76. The highest BCUT2D eigenvalue weighted by atomic mass is 15.2. The van der Waals surface area contributed by atoms with Crippen LogP contribution < -0.4 is 4.90 Å². The van der Waals surface area contributed by atoms with Gasteiger partial charge in [0.15, 0.2) is 0 Å². The van der Waals surface area contributed by atoms with Gasteiger partial charge < -0.3 is 4.90 Å². The van der Waals surface area contributed by atoms with Gasteiger partial charge in [-0.3, -0.25) is 0 Å². The van der Waals surface area contributed by atoms with Crippen LogP contribution in [0.1, 0.15) is 51.4 Å². The summed E-state index contributed by atoms with van der Waals surface area (Å²) < 4.78 is 0. The molecule has 10 aromatic rings. The Bertz CT molecular complexity index is 3530. The Labute approximate surface area is 369 Å². The molecule has 298 valence electrons. The Hall–Kier alpha value is -7.48. The van der Waals surface area contributed by atoms with E-state index in [1.165, 1.54) is 127 Å². The van der Waals surface area contributed by atoms with Crippen molar-refractivity contribution in [1.29, 1.82) is 0 Å². The van der Waals surface area contributed by atoms with E-state index in [-0.39, 0.29) is 0 Å². The van der Waals surface area contributed by atoms with Crippen LogP contribution in [0.5, 0.6) is 0 Å². The largest absolute Gasteiger partial charge is 0.310 e. The lowest BCUT2D eigenvalue weighted by molar-refractivity contribution is 0.718. The van der Waals surface area contributed by atoms with E-state index in [1.807, 2.05) is 0 Å². The highest BCUT2D eigenvalue weighted by molar-refractivity contribution is 6.13. The quantitative estimate of drug-likeness (QED) is 0.161. The van der Waals surface area contributed by atoms with Gasteiger partial charge in [0.25, 0.3) is 0 Å². The number of para-hydroxylation sites is 1. The van der Waals surface area contributed by atoms with Crippen molar-refractivity contribution in [3.05, 3.63) is 239 Å². The number of anilines is 3. The van der Waals surface area contributed by atoms with Crippen LogP contribution >= 0.6 is 0 Å². The van der Waals surface area contributed by atoms with E-state index < -0.39 is 5.41 Å². The zero-order valence-corrected chi connectivity index (χ0v) is 35.8. The molecule has 0 saturated carbocycles. The number of hydrogen-bond donors (Lipinski definition) is 0. The Morgan fingerprint density at radius 3 is 1.70 bits per heavy atom. The van der Waals surface area contributed by atoms with Crippen molar-refractivity contribution < 1.29 is 0 Å². The van der Waals surface area contributed by atoms with E-state index in [0.717, 1.165) is 6.42 Å². The molecule has 1 heterocycles. The summed E-state index contributed by atoms with van der Waals surface area (Å²) in [6.45, 7) is 6.76. The third-order valence-corrected chi connectivity index (χ3v) is 14.4. The van der Waals surface area contributed by atoms with Crippen LogP contribution in [0.3, 0.4) is 0 Å². The van der Waals surface area contributed by atoms with Crippen LogP contribution in [-0.4, -0.2) is 0 Å². The van der Waals surface area contributed by atoms with Crippen molar-refractivity contribution in [3.8, 4) is 33.4 Å². The van der Waals surface area contributed by atoms with Gasteiger partial charge in [0.05, 0.1) is 16.8 Å². The molecule has 0 N–H and O–H groups in total. The average molecular weight is 804 g/mol. The molecule has 1 nitrogen and oxygen atoms in total. The summed E-state index contributed by atoms with van der Waals surface area (Å²) in [6.07, 6.45) is 5.85. The second-order valence-electron chi connectivity index (χ2n) is 18.3. The smallest absolute Gasteiger partial charge is 0.0754 e. The first kappa shape index (κ1) is 36.2. The molecule has 0 amide bonds. The van der Waals surface area contributed by atoms with Crippen LogP contribution in [0.4, 0.5) is 17.1 Å². The van der Waals surface area contributed by atoms with Gasteiger partial charge in [-0.2, -0.15) is 0 Å². The highest BCUT2D eigenvalue weighted by Gasteiger charge is 2.52. The van der Waals surface area contributed by atoms with Crippen LogP contribution in [0.15, 0.2) is 194 Å². The molecule has 2 atom stereocenters. The van der Waals surface area contributed by atoms with Gasteiger partial charge in [-0.15, -0.1) is 0 Å². The summed E-state index contributed by atoms with van der Waals surface area (Å²) in [5.74, 6) is 0.507. The molecule has 1 aliphatic heterocycles. The summed E-state index contributed by atoms with van der Waals surface area (Å²) in [7, 11) is 0. The van der Waals surface area contributed by atoms with E-state index in [9.17, 15) is 0 Å². The third kappa shape index (κ3) is 5.17. The highest BCUT2D eigenvalue weighted by Crippen LogP contribution is 2.64. The molecule has 2 aliphatic carbocycles. The van der Waals surface area contributed by atoms with Gasteiger partial charge in [-0.05, 0) is 168 Å². The van der Waals surface area contributed by atoms with Gasteiger partial charge in [0.2, 0.25) is 0 Å². The van der Waals surface area contributed by atoms with Gasteiger partial charge >= 0.3 is 0 Å². The van der Waals surface area contributed by atoms with E-state index in [0.29, 0.717) is 5.92 Å². The van der Waals surface area contributed by atoms with Crippen molar-refractivity contribution in [3.63, 3.8) is 0 Å². The molecule has 0 aromatic heterocycles. The molecule has 10 aromatic carbocycles. The fourth-order valence-corrected chi connectivity index (χ4v) is 11.7. The first-order chi connectivity index (χ1) is 31.0. The molecular weight excluding hydrogens is 759 g/mol. The molecule has 0 fully saturated rings.